The van der Waals surface area contributed by atoms with E-state index in [2.05, 4.69) is 11.7 Å². The van der Waals surface area contributed by atoms with Crippen LogP contribution in [0, 0.1) is 0 Å². The number of rotatable bonds is 9. The lowest BCUT2D eigenvalue weighted by Crippen LogP contribution is -2.25. The average molecular weight is 222 g/mol. The molecule has 0 heterocycles. The number of alkyl halides is 1. The van der Waals surface area contributed by atoms with E-state index in [1.807, 2.05) is 0 Å². The first-order chi connectivity index (χ1) is 7.07. The van der Waals surface area contributed by atoms with Gasteiger partial charge in [0.05, 0.1) is 0 Å². The normalized spacial score (nSPS) is 14.9. The molecule has 1 N–H and O–H groups in total. The third-order valence-corrected chi connectivity index (χ3v) is 1.86. The summed E-state index contributed by atoms with van der Waals surface area (Å²) in [7, 11) is 0. The second kappa shape index (κ2) is 8.61. The van der Waals surface area contributed by atoms with Gasteiger partial charge in [-0.05, 0) is 13.3 Å². The highest BCUT2D eigenvalue weighted by molar-refractivity contribution is 5.70. The molecule has 0 rings (SSSR count). The standard InChI is InChI=1S/C10H19FO4/c1-3-4-5-6-7-14-8(2)15-9(11)10(12)13/h8-9H,3-7H2,1-2H3,(H,12,13). The maximum atomic E-state index is 12.5. The Morgan fingerprint density at radius 1 is 1.40 bits per heavy atom. The van der Waals surface area contributed by atoms with E-state index in [4.69, 9.17) is 9.84 Å². The lowest BCUT2D eigenvalue weighted by atomic mass is 10.2. The number of aliphatic carboxylic acids is 1. The van der Waals surface area contributed by atoms with E-state index in [1.54, 1.807) is 0 Å². The number of unbranched alkanes of at least 4 members (excludes halogenated alkanes) is 3. The van der Waals surface area contributed by atoms with Crippen molar-refractivity contribution in [2.24, 2.45) is 0 Å². The van der Waals surface area contributed by atoms with E-state index < -0.39 is 18.6 Å². The van der Waals surface area contributed by atoms with Crippen molar-refractivity contribution in [3.63, 3.8) is 0 Å². The fraction of sp³-hybridized carbons (Fsp3) is 0.900. The van der Waals surface area contributed by atoms with Crippen molar-refractivity contribution in [3.8, 4) is 0 Å². The minimum absolute atomic E-state index is 0.466. The maximum absolute atomic E-state index is 12.5. The third-order valence-electron chi connectivity index (χ3n) is 1.86. The van der Waals surface area contributed by atoms with E-state index in [-0.39, 0.29) is 0 Å². The summed E-state index contributed by atoms with van der Waals surface area (Å²) >= 11 is 0. The van der Waals surface area contributed by atoms with Gasteiger partial charge in [-0.15, -0.1) is 0 Å². The van der Waals surface area contributed by atoms with E-state index in [0.717, 1.165) is 25.7 Å². The van der Waals surface area contributed by atoms with Crippen LogP contribution >= 0.6 is 0 Å². The van der Waals surface area contributed by atoms with E-state index in [9.17, 15) is 9.18 Å². The number of ether oxygens (including phenoxy) is 2. The summed E-state index contributed by atoms with van der Waals surface area (Å²) in [6.07, 6.45) is 1.08. The van der Waals surface area contributed by atoms with Crippen LogP contribution in [-0.4, -0.2) is 30.3 Å². The Morgan fingerprint density at radius 2 is 2.07 bits per heavy atom. The molecule has 4 nitrogen and oxygen atoms in total. The molecule has 0 amide bonds. The van der Waals surface area contributed by atoms with Gasteiger partial charge in [0.25, 0.3) is 6.36 Å². The number of carbonyl (C=O) groups is 1. The first-order valence-corrected chi connectivity index (χ1v) is 5.21. The topological polar surface area (TPSA) is 55.8 Å². The fourth-order valence-electron chi connectivity index (χ4n) is 1.04. The first-order valence-electron chi connectivity index (χ1n) is 5.21. The van der Waals surface area contributed by atoms with Crippen molar-refractivity contribution in [3.05, 3.63) is 0 Å². The Labute approximate surface area is 89.4 Å². The highest BCUT2D eigenvalue weighted by Crippen LogP contribution is 2.04. The molecule has 0 aliphatic heterocycles. The largest absolute Gasteiger partial charge is 0.477 e. The third kappa shape index (κ3) is 8.32. The van der Waals surface area contributed by atoms with Crippen LogP contribution in [0.15, 0.2) is 0 Å². The van der Waals surface area contributed by atoms with Crippen molar-refractivity contribution < 1.29 is 23.8 Å². The number of halogens is 1. The number of hydrogen-bond acceptors (Lipinski definition) is 3. The summed E-state index contributed by atoms with van der Waals surface area (Å²) in [4.78, 5) is 10.1. The van der Waals surface area contributed by atoms with Crippen molar-refractivity contribution in [1.82, 2.24) is 0 Å². The molecular weight excluding hydrogens is 203 g/mol. The van der Waals surface area contributed by atoms with Gasteiger partial charge in [0, 0.05) is 6.61 Å². The summed E-state index contributed by atoms with van der Waals surface area (Å²) in [6, 6.07) is 0. The zero-order valence-corrected chi connectivity index (χ0v) is 9.24. The molecule has 2 unspecified atom stereocenters. The molecule has 0 fully saturated rings. The predicted octanol–water partition coefficient (Wildman–Crippen LogP) is 2.33. The molecule has 0 bridgehead atoms. The molecular formula is C10H19FO4. The quantitative estimate of drug-likeness (QED) is 0.480. The second-order valence-corrected chi connectivity index (χ2v) is 3.29. The summed E-state index contributed by atoms with van der Waals surface area (Å²) in [5, 5.41) is 8.22. The van der Waals surface area contributed by atoms with Crippen LogP contribution in [0.3, 0.4) is 0 Å². The monoisotopic (exact) mass is 222 g/mol. The van der Waals surface area contributed by atoms with Crippen molar-refractivity contribution in [2.45, 2.75) is 52.2 Å². The lowest BCUT2D eigenvalue weighted by molar-refractivity contribution is -0.209. The summed E-state index contributed by atoms with van der Waals surface area (Å²) in [5.74, 6) is -1.63. The molecule has 0 aliphatic carbocycles. The molecule has 0 spiro atoms. The molecule has 0 saturated heterocycles. The average Bonchev–Trinajstić information content (AvgIpc) is 2.17. The van der Waals surface area contributed by atoms with Crippen LogP contribution in [0.5, 0.6) is 0 Å². The van der Waals surface area contributed by atoms with Gasteiger partial charge in [-0.25, -0.2) is 9.18 Å². The molecule has 0 aliphatic rings. The number of hydrogen-bond donors (Lipinski definition) is 1. The summed E-state index contributed by atoms with van der Waals surface area (Å²) in [5.41, 5.74) is 0. The molecule has 15 heavy (non-hydrogen) atoms. The van der Waals surface area contributed by atoms with Crippen molar-refractivity contribution in [1.29, 1.82) is 0 Å². The van der Waals surface area contributed by atoms with Crippen LogP contribution in [0.25, 0.3) is 0 Å². The second-order valence-electron chi connectivity index (χ2n) is 3.29. The van der Waals surface area contributed by atoms with Gasteiger partial charge in [0.2, 0.25) is 0 Å². The van der Waals surface area contributed by atoms with Crippen LogP contribution < -0.4 is 0 Å². The summed E-state index contributed by atoms with van der Waals surface area (Å²) in [6.45, 7) is 4.05. The Hall–Kier alpha value is -0.680. The van der Waals surface area contributed by atoms with E-state index in [0.29, 0.717) is 6.61 Å². The molecule has 0 aromatic rings. The van der Waals surface area contributed by atoms with Gasteiger partial charge in [-0.3, -0.25) is 0 Å². The molecule has 0 aromatic carbocycles. The van der Waals surface area contributed by atoms with Crippen molar-refractivity contribution >= 4 is 5.97 Å². The van der Waals surface area contributed by atoms with Crippen LogP contribution in [-0.2, 0) is 14.3 Å². The molecule has 5 heteroatoms. The van der Waals surface area contributed by atoms with Crippen LogP contribution in [0.1, 0.15) is 39.5 Å². The van der Waals surface area contributed by atoms with Gasteiger partial charge < -0.3 is 14.6 Å². The molecule has 2 atom stereocenters. The SMILES string of the molecule is CCCCCCOC(C)OC(F)C(=O)O. The Balaban J connectivity index is 3.40. The Kier molecular flexibility index (Phi) is 8.22. The predicted molar refractivity (Wildman–Crippen MR) is 53.2 cm³/mol. The zero-order valence-electron chi connectivity index (χ0n) is 9.24. The van der Waals surface area contributed by atoms with Crippen molar-refractivity contribution in [2.75, 3.05) is 6.61 Å². The van der Waals surface area contributed by atoms with Crippen LogP contribution in [0.2, 0.25) is 0 Å². The van der Waals surface area contributed by atoms with E-state index in [1.165, 1.54) is 6.92 Å². The Morgan fingerprint density at radius 3 is 2.60 bits per heavy atom. The fourth-order valence-corrected chi connectivity index (χ4v) is 1.04. The number of carboxylic acids is 1. The van der Waals surface area contributed by atoms with E-state index >= 15 is 0 Å². The maximum Gasteiger partial charge on any atom is 0.366 e. The van der Waals surface area contributed by atoms with Crippen LogP contribution in [0.4, 0.5) is 4.39 Å². The first kappa shape index (κ1) is 14.3. The van der Waals surface area contributed by atoms with Gasteiger partial charge in [0.1, 0.15) is 0 Å². The van der Waals surface area contributed by atoms with Gasteiger partial charge in [-0.1, -0.05) is 26.2 Å². The molecule has 0 saturated carbocycles. The Bertz CT molecular complexity index is 175. The zero-order chi connectivity index (χ0) is 11.7. The molecule has 90 valence electrons. The smallest absolute Gasteiger partial charge is 0.366 e. The van der Waals surface area contributed by atoms with Gasteiger partial charge in [-0.2, -0.15) is 0 Å². The minimum atomic E-state index is -2.31. The van der Waals surface area contributed by atoms with Gasteiger partial charge >= 0.3 is 5.97 Å². The molecule has 0 aromatic heterocycles. The molecule has 0 radical (unpaired) electrons. The minimum Gasteiger partial charge on any atom is -0.477 e. The highest BCUT2D eigenvalue weighted by atomic mass is 19.1. The van der Waals surface area contributed by atoms with Gasteiger partial charge in [0.15, 0.2) is 6.29 Å². The lowest BCUT2D eigenvalue weighted by Gasteiger charge is -2.14. The highest BCUT2D eigenvalue weighted by Gasteiger charge is 2.19. The number of carboxylic acid groups (broad SMARTS) is 1. The summed E-state index contributed by atoms with van der Waals surface area (Å²) < 4.78 is 22.0.